The van der Waals surface area contributed by atoms with Gasteiger partial charge in [-0.05, 0) is 43.3 Å². The summed E-state index contributed by atoms with van der Waals surface area (Å²) in [5, 5.41) is 23.0. The van der Waals surface area contributed by atoms with Crippen molar-refractivity contribution in [3.8, 4) is 11.4 Å². The van der Waals surface area contributed by atoms with Crippen LogP contribution in [0.3, 0.4) is 0 Å². The van der Waals surface area contributed by atoms with E-state index in [0.29, 0.717) is 24.1 Å². The van der Waals surface area contributed by atoms with Gasteiger partial charge >= 0.3 is 0 Å². The Bertz CT molecular complexity index is 882. The summed E-state index contributed by atoms with van der Waals surface area (Å²) in [6, 6.07) is 17.2. The van der Waals surface area contributed by atoms with Gasteiger partial charge in [0.05, 0.1) is 19.1 Å². The topological polar surface area (TPSA) is 92.1 Å². The van der Waals surface area contributed by atoms with Crippen LogP contribution in [0.25, 0.3) is 5.69 Å². The van der Waals surface area contributed by atoms with Gasteiger partial charge in [-0.3, -0.25) is 4.57 Å². The quantitative estimate of drug-likeness (QED) is 0.566. The zero-order valence-electron chi connectivity index (χ0n) is 14.8. The number of hydrogen-bond acceptors (Lipinski definition) is 7. The number of carboxylic acid groups (broad SMARTS) is 1. The first-order chi connectivity index (χ1) is 13.2. The number of carbonyl (C=O) groups is 1. The van der Waals surface area contributed by atoms with Gasteiger partial charge in [-0.1, -0.05) is 30.0 Å². The second kappa shape index (κ2) is 9.09. The second-order valence-electron chi connectivity index (χ2n) is 5.54. The zero-order valence-corrected chi connectivity index (χ0v) is 15.6. The van der Waals surface area contributed by atoms with Crippen LogP contribution in [0.15, 0.2) is 59.8 Å². The van der Waals surface area contributed by atoms with Crippen molar-refractivity contribution >= 4 is 23.4 Å². The monoisotopic (exact) mass is 383 g/mol. The lowest BCUT2D eigenvalue weighted by Gasteiger charge is -2.12. The Morgan fingerprint density at radius 1 is 1.15 bits per heavy atom. The minimum atomic E-state index is -1.14. The van der Waals surface area contributed by atoms with Crippen molar-refractivity contribution in [1.82, 2.24) is 14.8 Å². The number of aliphatic carboxylic acids is 1. The molecule has 0 saturated heterocycles. The fraction of sp³-hybridized carbons (Fsp3) is 0.211. The number of nitrogens with one attached hydrogen (secondary N) is 1. The van der Waals surface area contributed by atoms with Gasteiger partial charge in [0.1, 0.15) is 5.75 Å². The Morgan fingerprint density at radius 3 is 2.56 bits per heavy atom. The molecule has 0 atom stereocenters. The Kier molecular flexibility index (Phi) is 6.32. The van der Waals surface area contributed by atoms with Crippen molar-refractivity contribution in [2.75, 3.05) is 17.7 Å². The SMILES string of the molecule is CCOc1ccc(NCc2nnc(SCC(=O)[O-])n2-c2ccccc2)cc1. The summed E-state index contributed by atoms with van der Waals surface area (Å²) in [6.07, 6.45) is 0. The van der Waals surface area contributed by atoms with Crippen LogP contribution in [0.1, 0.15) is 12.7 Å². The summed E-state index contributed by atoms with van der Waals surface area (Å²) in [4.78, 5) is 10.8. The predicted octanol–water partition coefficient (Wildman–Crippen LogP) is 2.12. The molecule has 7 nitrogen and oxygen atoms in total. The molecule has 0 aliphatic heterocycles. The number of benzene rings is 2. The number of hydrogen-bond donors (Lipinski definition) is 1. The Labute approximate surface area is 161 Å². The van der Waals surface area contributed by atoms with E-state index < -0.39 is 5.97 Å². The number of para-hydroxylation sites is 1. The van der Waals surface area contributed by atoms with Gasteiger partial charge < -0.3 is 20.0 Å². The first-order valence-electron chi connectivity index (χ1n) is 8.46. The highest BCUT2D eigenvalue weighted by molar-refractivity contribution is 7.99. The highest BCUT2D eigenvalue weighted by Gasteiger charge is 2.14. The van der Waals surface area contributed by atoms with E-state index in [4.69, 9.17) is 4.74 Å². The fourth-order valence-electron chi connectivity index (χ4n) is 2.48. The van der Waals surface area contributed by atoms with Crippen LogP contribution < -0.4 is 15.2 Å². The molecule has 1 aromatic heterocycles. The van der Waals surface area contributed by atoms with Crippen LogP contribution in [0.5, 0.6) is 5.75 Å². The maximum absolute atomic E-state index is 10.8. The van der Waals surface area contributed by atoms with E-state index in [9.17, 15) is 9.90 Å². The van der Waals surface area contributed by atoms with E-state index in [1.165, 1.54) is 0 Å². The molecule has 2 aromatic carbocycles. The van der Waals surface area contributed by atoms with Gasteiger partial charge in [0, 0.05) is 17.1 Å². The standard InChI is InChI=1S/C19H20N4O3S/c1-2-26-16-10-8-14(9-11-16)20-12-17-21-22-19(27-13-18(24)25)23(17)15-6-4-3-5-7-15/h3-11,20H,2,12-13H2,1H3,(H,24,25)/p-1. The summed E-state index contributed by atoms with van der Waals surface area (Å²) in [7, 11) is 0. The maximum Gasteiger partial charge on any atom is 0.196 e. The van der Waals surface area contributed by atoms with E-state index in [0.717, 1.165) is 28.9 Å². The van der Waals surface area contributed by atoms with E-state index in [2.05, 4.69) is 15.5 Å². The van der Waals surface area contributed by atoms with Crippen molar-refractivity contribution < 1.29 is 14.6 Å². The summed E-state index contributed by atoms with van der Waals surface area (Å²) in [5.74, 6) is 0.168. The molecule has 0 spiro atoms. The second-order valence-corrected chi connectivity index (χ2v) is 6.48. The number of rotatable bonds is 9. The maximum atomic E-state index is 10.8. The van der Waals surface area contributed by atoms with Gasteiger partial charge in [-0.15, -0.1) is 10.2 Å². The molecule has 1 N–H and O–H groups in total. The third-order valence-electron chi connectivity index (χ3n) is 3.65. The fourth-order valence-corrected chi connectivity index (χ4v) is 3.17. The van der Waals surface area contributed by atoms with E-state index in [1.807, 2.05) is 66.1 Å². The molecule has 0 radical (unpaired) electrons. The van der Waals surface area contributed by atoms with Gasteiger partial charge in [0.25, 0.3) is 0 Å². The van der Waals surface area contributed by atoms with E-state index in [-0.39, 0.29) is 5.75 Å². The van der Waals surface area contributed by atoms with E-state index in [1.54, 1.807) is 0 Å². The predicted molar refractivity (Wildman–Crippen MR) is 102 cm³/mol. The van der Waals surface area contributed by atoms with Crippen molar-refractivity contribution in [1.29, 1.82) is 0 Å². The number of carboxylic acids is 1. The van der Waals surface area contributed by atoms with Gasteiger partial charge in [0.2, 0.25) is 0 Å². The van der Waals surface area contributed by atoms with Crippen LogP contribution in [0, 0.1) is 0 Å². The summed E-state index contributed by atoms with van der Waals surface area (Å²) in [6.45, 7) is 3.00. The number of ether oxygens (including phenoxy) is 1. The molecular formula is C19H19N4O3S-. The Hall–Kier alpha value is -3.00. The molecule has 3 aromatic rings. The van der Waals surface area contributed by atoms with Crippen molar-refractivity contribution in [2.45, 2.75) is 18.6 Å². The van der Waals surface area contributed by atoms with Crippen LogP contribution in [-0.2, 0) is 11.3 Å². The van der Waals surface area contributed by atoms with Crippen LogP contribution >= 0.6 is 11.8 Å². The number of aromatic nitrogens is 3. The molecular weight excluding hydrogens is 364 g/mol. The van der Waals surface area contributed by atoms with Crippen molar-refractivity contribution in [2.24, 2.45) is 0 Å². The zero-order chi connectivity index (χ0) is 19.1. The molecule has 0 amide bonds. The molecule has 8 heteroatoms. The first-order valence-corrected chi connectivity index (χ1v) is 9.45. The van der Waals surface area contributed by atoms with Crippen molar-refractivity contribution in [3.05, 3.63) is 60.4 Å². The van der Waals surface area contributed by atoms with Crippen LogP contribution in [-0.4, -0.2) is 33.1 Å². The molecule has 27 heavy (non-hydrogen) atoms. The number of thioether (sulfide) groups is 1. The molecule has 0 bridgehead atoms. The molecule has 0 fully saturated rings. The normalized spacial score (nSPS) is 10.6. The highest BCUT2D eigenvalue weighted by atomic mass is 32.2. The molecule has 1 heterocycles. The Morgan fingerprint density at radius 2 is 1.89 bits per heavy atom. The lowest BCUT2D eigenvalue weighted by molar-refractivity contribution is -0.301. The first kappa shape index (κ1) is 18.8. The van der Waals surface area contributed by atoms with Gasteiger partial charge in [-0.25, -0.2) is 0 Å². The van der Waals surface area contributed by atoms with Gasteiger partial charge in [0.15, 0.2) is 11.0 Å². The average Bonchev–Trinajstić information content (AvgIpc) is 3.09. The van der Waals surface area contributed by atoms with Gasteiger partial charge in [-0.2, -0.15) is 0 Å². The number of anilines is 1. The smallest absolute Gasteiger partial charge is 0.196 e. The molecule has 0 aliphatic rings. The van der Waals surface area contributed by atoms with Crippen LogP contribution in [0.2, 0.25) is 0 Å². The Balaban J connectivity index is 1.79. The highest BCUT2D eigenvalue weighted by Crippen LogP contribution is 2.23. The lowest BCUT2D eigenvalue weighted by atomic mass is 10.3. The largest absolute Gasteiger partial charge is 0.549 e. The summed E-state index contributed by atoms with van der Waals surface area (Å²) < 4.78 is 7.28. The number of carbonyl (C=O) groups excluding carboxylic acids is 1. The van der Waals surface area contributed by atoms with Crippen molar-refractivity contribution in [3.63, 3.8) is 0 Å². The van der Waals surface area contributed by atoms with E-state index >= 15 is 0 Å². The molecule has 3 rings (SSSR count). The minimum Gasteiger partial charge on any atom is -0.549 e. The number of nitrogens with zero attached hydrogens (tertiary/aromatic N) is 3. The molecule has 140 valence electrons. The minimum absolute atomic E-state index is 0.183. The summed E-state index contributed by atoms with van der Waals surface area (Å²) in [5.41, 5.74) is 1.79. The van der Waals surface area contributed by atoms with Crippen LogP contribution in [0.4, 0.5) is 5.69 Å². The lowest BCUT2D eigenvalue weighted by Crippen LogP contribution is -2.24. The third-order valence-corrected chi connectivity index (χ3v) is 4.55. The average molecular weight is 383 g/mol. The summed E-state index contributed by atoms with van der Waals surface area (Å²) >= 11 is 1.08. The molecule has 0 saturated carbocycles. The molecule has 0 unspecified atom stereocenters. The molecule has 0 aliphatic carbocycles. The third kappa shape index (κ3) is 5.01.